The molecule has 0 radical (unpaired) electrons. The maximum atomic E-state index is 5.45. The van der Waals surface area contributed by atoms with Crippen LogP contribution >= 0.6 is 12.2 Å². The first kappa shape index (κ1) is 9.66. The fourth-order valence-electron chi connectivity index (χ4n) is 2.26. The summed E-state index contributed by atoms with van der Waals surface area (Å²) in [5.41, 5.74) is 1.51. The molecule has 1 fully saturated rings. The highest BCUT2D eigenvalue weighted by Crippen LogP contribution is 2.38. The molecule has 1 heterocycles. The molecule has 1 aromatic carbocycles. The van der Waals surface area contributed by atoms with Crippen LogP contribution in [0.5, 0.6) is 0 Å². The van der Waals surface area contributed by atoms with Crippen LogP contribution in [-0.4, -0.2) is 23.5 Å². The van der Waals surface area contributed by atoms with Gasteiger partial charge in [0.05, 0.1) is 10.4 Å². The van der Waals surface area contributed by atoms with Crippen LogP contribution < -0.4 is 0 Å². The zero-order chi connectivity index (χ0) is 10.2. The first-order chi connectivity index (χ1) is 6.70. The Bertz CT molecular complexity index is 347. The predicted octanol–water partition coefficient (Wildman–Crippen LogP) is 2.61. The van der Waals surface area contributed by atoms with Gasteiger partial charge < -0.3 is 4.90 Å². The van der Waals surface area contributed by atoms with Crippen LogP contribution in [0.2, 0.25) is 0 Å². The summed E-state index contributed by atoms with van der Waals surface area (Å²) in [5.74, 6) is 0. The highest BCUT2D eigenvalue weighted by Gasteiger charge is 2.46. The zero-order valence-electron chi connectivity index (χ0n) is 8.66. The lowest BCUT2D eigenvalue weighted by Crippen LogP contribution is -2.61. The second-order valence-electron chi connectivity index (χ2n) is 3.96. The molecular weight excluding hydrogens is 190 g/mol. The van der Waals surface area contributed by atoms with E-state index in [-0.39, 0.29) is 5.41 Å². The Morgan fingerprint density at radius 3 is 2.43 bits per heavy atom. The van der Waals surface area contributed by atoms with E-state index < -0.39 is 0 Å². The quantitative estimate of drug-likeness (QED) is 0.683. The Morgan fingerprint density at radius 1 is 1.36 bits per heavy atom. The van der Waals surface area contributed by atoms with Gasteiger partial charge in [0.1, 0.15) is 0 Å². The van der Waals surface area contributed by atoms with E-state index in [1.54, 1.807) is 0 Å². The molecule has 1 aliphatic rings. The molecular formula is C12H15NS. The van der Waals surface area contributed by atoms with Crippen LogP contribution in [-0.2, 0) is 5.41 Å². The third-order valence-corrected chi connectivity index (χ3v) is 3.90. The molecule has 74 valence electrons. The molecule has 2 rings (SSSR count). The van der Waals surface area contributed by atoms with Gasteiger partial charge in [-0.1, -0.05) is 49.5 Å². The average molecular weight is 205 g/mol. The van der Waals surface area contributed by atoms with E-state index in [0.29, 0.717) is 0 Å². The molecule has 1 unspecified atom stereocenters. The van der Waals surface area contributed by atoms with Crippen LogP contribution in [0.15, 0.2) is 30.3 Å². The van der Waals surface area contributed by atoms with Crippen molar-refractivity contribution in [3.8, 4) is 0 Å². The fourth-order valence-corrected chi connectivity index (χ4v) is 2.65. The summed E-state index contributed by atoms with van der Waals surface area (Å²) in [6.45, 7) is 3.28. The van der Waals surface area contributed by atoms with Gasteiger partial charge in [-0.3, -0.25) is 0 Å². The molecule has 0 spiro atoms. The molecule has 2 heteroatoms. The van der Waals surface area contributed by atoms with Crippen molar-refractivity contribution in [1.29, 1.82) is 0 Å². The largest absolute Gasteiger partial charge is 0.367 e. The summed E-state index contributed by atoms with van der Waals surface area (Å²) in [4.78, 5) is 3.25. The third kappa shape index (κ3) is 1.17. The third-order valence-electron chi connectivity index (χ3n) is 3.19. The van der Waals surface area contributed by atoms with Crippen molar-refractivity contribution < 1.29 is 0 Å². The number of hydrogen-bond acceptors (Lipinski definition) is 1. The molecule has 0 N–H and O–H groups in total. The minimum absolute atomic E-state index is 0.144. The van der Waals surface area contributed by atoms with Crippen LogP contribution in [0.3, 0.4) is 0 Å². The standard InChI is InChI=1S/C12H15NS/c1-3-12(9-13(2)11(12)14)10-7-5-4-6-8-10/h4-8H,3,9H2,1-2H3. The highest BCUT2D eigenvalue weighted by molar-refractivity contribution is 7.80. The minimum Gasteiger partial charge on any atom is -0.367 e. The maximum Gasteiger partial charge on any atom is 0.0902 e. The van der Waals surface area contributed by atoms with Crippen molar-refractivity contribution in [1.82, 2.24) is 4.90 Å². The van der Waals surface area contributed by atoms with Crippen molar-refractivity contribution in [2.75, 3.05) is 13.6 Å². The van der Waals surface area contributed by atoms with Gasteiger partial charge in [0.15, 0.2) is 0 Å². The molecule has 0 amide bonds. The smallest absolute Gasteiger partial charge is 0.0902 e. The summed E-state index contributed by atoms with van der Waals surface area (Å²) in [5, 5.41) is 0. The van der Waals surface area contributed by atoms with Crippen LogP contribution in [0, 0.1) is 0 Å². The minimum atomic E-state index is 0.144. The second kappa shape index (κ2) is 3.35. The molecule has 1 atom stereocenters. The zero-order valence-corrected chi connectivity index (χ0v) is 9.47. The number of nitrogens with zero attached hydrogens (tertiary/aromatic N) is 1. The molecule has 14 heavy (non-hydrogen) atoms. The first-order valence-corrected chi connectivity index (χ1v) is 5.42. The molecule has 0 aromatic heterocycles. The molecule has 1 saturated heterocycles. The van der Waals surface area contributed by atoms with Gasteiger partial charge in [-0.2, -0.15) is 0 Å². The summed E-state index contributed by atoms with van der Waals surface area (Å²) < 4.78 is 0. The average Bonchev–Trinajstić information content (AvgIpc) is 2.26. The van der Waals surface area contributed by atoms with Crippen molar-refractivity contribution in [2.45, 2.75) is 18.8 Å². The second-order valence-corrected chi connectivity index (χ2v) is 4.35. The van der Waals surface area contributed by atoms with Gasteiger partial charge in [-0.05, 0) is 12.0 Å². The number of likely N-dealkylation sites (tertiary alicyclic amines) is 1. The molecule has 1 aliphatic heterocycles. The molecule has 0 bridgehead atoms. The van der Waals surface area contributed by atoms with E-state index in [9.17, 15) is 0 Å². The van der Waals surface area contributed by atoms with E-state index in [1.165, 1.54) is 5.56 Å². The Labute approximate surface area is 90.7 Å². The Hall–Kier alpha value is -0.890. The lowest BCUT2D eigenvalue weighted by atomic mass is 9.72. The van der Waals surface area contributed by atoms with Gasteiger partial charge in [0, 0.05) is 13.6 Å². The molecule has 0 aliphatic carbocycles. The summed E-state index contributed by atoms with van der Waals surface area (Å²) >= 11 is 5.45. The molecule has 0 saturated carbocycles. The predicted molar refractivity (Wildman–Crippen MR) is 63.6 cm³/mol. The maximum absolute atomic E-state index is 5.45. The van der Waals surface area contributed by atoms with Crippen molar-refractivity contribution in [3.63, 3.8) is 0 Å². The van der Waals surface area contributed by atoms with Crippen molar-refractivity contribution in [3.05, 3.63) is 35.9 Å². The van der Waals surface area contributed by atoms with E-state index in [4.69, 9.17) is 12.2 Å². The summed E-state index contributed by atoms with van der Waals surface area (Å²) in [6.07, 6.45) is 1.10. The van der Waals surface area contributed by atoms with Gasteiger partial charge in [0.25, 0.3) is 0 Å². The van der Waals surface area contributed by atoms with Gasteiger partial charge in [-0.25, -0.2) is 0 Å². The van der Waals surface area contributed by atoms with Gasteiger partial charge >= 0.3 is 0 Å². The molecule has 1 aromatic rings. The number of rotatable bonds is 2. The van der Waals surface area contributed by atoms with E-state index in [2.05, 4.69) is 49.2 Å². The number of hydrogen-bond donors (Lipinski definition) is 0. The summed E-state index contributed by atoms with van der Waals surface area (Å²) in [6, 6.07) is 10.6. The summed E-state index contributed by atoms with van der Waals surface area (Å²) in [7, 11) is 2.07. The van der Waals surface area contributed by atoms with E-state index in [1.807, 2.05) is 0 Å². The van der Waals surface area contributed by atoms with Gasteiger partial charge in [0.2, 0.25) is 0 Å². The lowest BCUT2D eigenvalue weighted by molar-refractivity contribution is 0.290. The Kier molecular flexibility index (Phi) is 2.31. The number of benzene rings is 1. The van der Waals surface area contributed by atoms with Crippen LogP contribution in [0.4, 0.5) is 0 Å². The Morgan fingerprint density at radius 2 is 2.00 bits per heavy atom. The number of likely N-dealkylation sites (N-methyl/N-ethyl adjacent to an activating group) is 1. The van der Waals surface area contributed by atoms with Crippen molar-refractivity contribution >= 4 is 17.2 Å². The lowest BCUT2D eigenvalue weighted by Gasteiger charge is -2.50. The van der Waals surface area contributed by atoms with E-state index in [0.717, 1.165) is 18.0 Å². The van der Waals surface area contributed by atoms with Crippen LogP contribution in [0.25, 0.3) is 0 Å². The molecule has 1 nitrogen and oxygen atoms in total. The fraction of sp³-hybridized carbons (Fsp3) is 0.417. The first-order valence-electron chi connectivity index (χ1n) is 5.02. The van der Waals surface area contributed by atoms with Gasteiger partial charge in [-0.15, -0.1) is 0 Å². The topological polar surface area (TPSA) is 3.24 Å². The number of thiocarbonyl (C=S) groups is 1. The normalized spacial score (nSPS) is 26.1. The monoisotopic (exact) mass is 205 g/mol. The highest BCUT2D eigenvalue weighted by atomic mass is 32.1. The van der Waals surface area contributed by atoms with Crippen LogP contribution in [0.1, 0.15) is 18.9 Å². The SMILES string of the molecule is CCC1(c2ccccc2)CN(C)C1=S. The Balaban J connectivity index is 2.36. The van der Waals surface area contributed by atoms with E-state index >= 15 is 0 Å². The van der Waals surface area contributed by atoms with Crippen molar-refractivity contribution in [2.24, 2.45) is 0 Å².